The van der Waals surface area contributed by atoms with Gasteiger partial charge in [0, 0.05) is 5.02 Å². The summed E-state index contributed by atoms with van der Waals surface area (Å²) in [6.07, 6.45) is 0. The molecule has 0 unspecified atom stereocenters. The van der Waals surface area contributed by atoms with Gasteiger partial charge in [0.05, 0.1) is 21.3 Å². The molecule has 0 saturated heterocycles. The number of nitrogens with one attached hydrogen (secondary N) is 1. The summed E-state index contributed by atoms with van der Waals surface area (Å²) in [5.41, 5.74) is 1.49. The molecule has 29 heavy (non-hydrogen) atoms. The molecule has 0 bridgehead atoms. The van der Waals surface area contributed by atoms with Crippen molar-refractivity contribution in [2.24, 2.45) is 0 Å². The first-order valence-electron chi connectivity index (χ1n) is 8.67. The SMILES string of the molecule is Cc1ccc(N(CC(=O)Nc2ccccc2Cl)S(=O)(=O)c2ccccc2)cc1Cl. The smallest absolute Gasteiger partial charge is 0.264 e. The summed E-state index contributed by atoms with van der Waals surface area (Å²) in [5.74, 6) is -0.533. The molecule has 0 aromatic heterocycles. The lowest BCUT2D eigenvalue weighted by Crippen LogP contribution is -2.38. The summed E-state index contributed by atoms with van der Waals surface area (Å²) in [6.45, 7) is 1.37. The highest BCUT2D eigenvalue weighted by molar-refractivity contribution is 7.92. The number of sulfonamides is 1. The minimum absolute atomic E-state index is 0.0715. The highest BCUT2D eigenvalue weighted by atomic mass is 35.5. The molecule has 0 heterocycles. The van der Waals surface area contributed by atoms with Crippen LogP contribution in [0.4, 0.5) is 11.4 Å². The third-order valence-electron chi connectivity index (χ3n) is 4.21. The number of carbonyl (C=O) groups is 1. The van der Waals surface area contributed by atoms with Gasteiger partial charge in [-0.05, 0) is 48.9 Å². The molecule has 0 saturated carbocycles. The molecule has 1 N–H and O–H groups in total. The van der Waals surface area contributed by atoms with Crippen molar-refractivity contribution in [2.45, 2.75) is 11.8 Å². The third-order valence-corrected chi connectivity index (χ3v) is 6.73. The maximum Gasteiger partial charge on any atom is 0.264 e. The van der Waals surface area contributed by atoms with Crippen LogP contribution < -0.4 is 9.62 Å². The van der Waals surface area contributed by atoms with Gasteiger partial charge in [-0.25, -0.2) is 8.42 Å². The van der Waals surface area contributed by atoms with Crippen molar-refractivity contribution in [2.75, 3.05) is 16.2 Å². The Kier molecular flexibility index (Phi) is 6.47. The van der Waals surface area contributed by atoms with Crippen molar-refractivity contribution in [1.29, 1.82) is 0 Å². The van der Waals surface area contributed by atoms with Gasteiger partial charge in [0.25, 0.3) is 10.0 Å². The molecule has 0 aliphatic heterocycles. The Balaban J connectivity index is 1.98. The van der Waals surface area contributed by atoms with E-state index in [4.69, 9.17) is 23.2 Å². The second-order valence-corrected chi connectivity index (χ2v) is 8.96. The Morgan fingerprint density at radius 2 is 1.59 bits per heavy atom. The predicted molar refractivity (Wildman–Crippen MR) is 117 cm³/mol. The zero-order chi connectivity index (χ0) is 21.0. The van der Waals surface area contributed by atoms with Crippen LogP contribution in [-0.2, 0) is 14.8 Å². The van der Waals surface area contributed by atoms with Crippen molar-refractivity contribution in [3.63, 3.8) is 0 Å². The molecule has 0 atom stereocenters. The van der Waals surface area contributed by atoms with E-state index in [9.17, 15) is 13.2 Å². The Bertz CT molecular complexity index is 1140. The van der Waals surface area contributed by atoms with Crippen LogP contribution in [0, 0.1) is 6.92 Å². The number of anilines is 2. The highest BCUT2D eigenvalue weighted by Gasteiger charge is 2.27. The number of hydrogen-bond donors (Lipinski definition) is 1. The molecule has 5 nitrogen and oxygen atoms in total. The zero-order valence-corrected chi connectivity index (χ0v) is 17.8. The van der Waals surface area contributed by atoms with Crippen LogP contribution in [0.2, 0.25) is 10.0 Å². The van der Waals surface area contributed by atoms with E-state index in [1.54, 1.807) is 54.6 Å². The molecule has 8 heteroatoms. The van der Waals surface area contributed by atoms with Crippen molar-refractivity contribution in [3.8, 4) is 0 Å². The number of nitrogens with zero attached hydrogens (tertiary/aromatic N) is 1. The van der Waals surface area contributed by atoms with Crippen LogP contribution in [-0.4, -0.2) is 20.9 Å². The standard InChI is InChI=1S/C21H18Cl2N2O3S/c1-15-11-12-16(13-19(15)23)25(29(27,28)17-7-3-2-4-8-17)14-21(26)24-20-10-6-5-9-18(20)22/h2-13H,14H2,1H3,(H,24,26). The van der Waals surface area contributed by atoms with E-state index in [0.717, 1.165) is 9.87 Å². The molecule has 0 radical (unpaired) electrons. The fourth-order valence-electron chi connectivity index (χ4n) is 2.65. The number of rotatable bonds is 6. The maximum atomic E-state index is 13.3. The van der Waals surface area contributed by atoms with Crippen LogP contribution >= 0.6 is 23.2 Å². The summed E-state index contributed by atoms with van der Waals surface area (Å²) in [4.78, 5) is 12.7. The lowest BCUT2D eigenvalue weighted by molar-refractivity contribution is -0.114. The van der Waals surface area contributed by atoms with Crippen molar-refractivity contribution >= 4 is 50.5 Å². The van der Waals surface area contributed by atoms with Crippen LogP contribution in [0.1, 0.15) is 5.56 Å². The Labute approximate surface area is 179 Å². The molecule has 150 valence electrons. The summed E-state index contributed by atoms with van der Waals surface area (Å²) >= 11 is 12.3. The van der Waals surface area contributed by atoms with E-state index >= 15 is 0 Å². The maximum absolute atomic E-state index is 13.3. The minimum atomic E-state index is -4.00. The molecular formula is C21H18Cl2N2O3S. The Morgan fingerprint density at radius 1 is 0.931 bits per heavy atom. The van der Waals surface area contributed by atoms with Gasteiger partial charge >= 0.3 is 0 Å². The molecule has 1 amide bonds. The first kappa shape index (κ1) is 21.2. The van der Waals surface area contributed by atoms with Gasteiger partial charge in [-0.15, -0.1) is 0 Å². The van der Waals surface area contributed by atoms with E-state index in [0.29, 0.717) is 21.4 Å². The van der Waals surface area contributed by atoms with Gasteiger partial charge in [-0.3, -0.25) is 9.10 Å². The van der Waals surface area contributed by atoms with Crippen molar-refractivity contribution in [1.82, 2.24) is 0 Å². The predicted octanol–water partition coefficient (Wildman–Crippen LogP) is 5.14. The average Bonchev–Trinajstić information content (AvgIpc) is 2.71. The number of carbonyl (C=O) groups excluding carboxylic acids is 1. The Morgan fingerprint density at radius 3 is 2.24 bits per heavy atom. The van der Waals surface area contributed by atoms with E-state index in [-0.39, 0.29) is 4.90 Å². The number of benzene rings is 3. The number of hydrogen-bond acceptors (Lipinski definition) is 3. The normalized spacial score (nSPS) is 11.1. The van der Waals surface area contributed by atoms with Gasteiger partial charge in [-0.2, -0.15) is 0 Å². The summed E-state index contributed by atoms with van der Waals surface area (Å²) < 4.78 is 27.5. The van der Waals surface area contributed by atoms with Crippen LogP contribution in [0.15, 0.2) is 77.7 Å². The topological polar surface area (TPSA) is 66.5 Å². The van der Waals surface area contributed by atoms with Crippen LogP contribution in [0.3, 0.4) is 0 Å². The van der Waals surface area contributed by atoms with E-state index in [1.807, 2.05) is 6.92 Å². The lowest BCUT2D eigenvalue weighted by atomic mass is 10.2. The van der Waals surface area contributed by atoms with Gasteiger partial charge in [0.2, 0.25) is 5.91 Å². The largest absolute Gasteiger partial charge is 0.323 e. The zero-order valence-electron chi connectivity index (χ0n) is 15.5. The fourth-order valence-corrected chi connectivity index (χ4v) is 4.45. The van der Waals surface area contributed by atoms with E-state index < -0.39 is 22.5 Å². The van der Waals surface area contributed by atoms with Gasteiger partial charge in [0.1, 0.15) is 6.54 Å². The molecule has 0 spiro atoms. The molecule has 0 fully saturated rings. The van der Waals surface area contributed by atoms with Gasteiger partial charge in [-0.1, -0.05) is 59.6 Å². The summed E-state index contributed by atoms with van der Waals surface area (Å²) in [6, 6.07) is 19.5. The average molecular weight is 449 g/mol. The van der Waals surface area contributed by atoms with E-state index in [1.165, 1.54) is 18.2 Å². The third kappa shape index (κ3) is 4.90. The number of para-hydroxylation sites is 1. The fraction of sp³-hybridized carbons (Fsp3) is 0.0952. The highest BCUT2D eigenvalue weighted by Crippen LogP contribution is 2.28. The first-order chi connectivity index (χ1) is 13.8. The summed E-state index contributed by atoms with van der Waals surface area (Å²) in [5, 5.41) is 3.41. The molecular weight excluding hydrogens is 431 g/mol. The van der Waals surface area contributed by atoms with Gasteiger partial charge in [0.15, 0.2) is 0 Å². The van der Waals surface area contributed by atoms with Crippen LogP contribution in [0.5, 0.6) is 0 Å². The van der Waals surface area contributed by atoms with Crippen molar-refractivity contribution in [3.05, 3.63) is 88.4 Å². The monoisotopic (exact) mass is 448 g/mol. The lowest BCUT2D eigenvalue weighted by Gasteiger charge is -2.24. The van der Waals surface area contributed by atoms with Gasteiger partial charge < -0.3 is 5.32 Å². The first-order valence-corrected chi connectivity index (χ1v) is 10.9. The number of amides is 1. The molecule has 3 aromatic carbocycles. The minimum Gasteiger partial charge on any atom is -0.323 e. The second kappa shape index (κ2) is 8.86. The molecule has 0 aliphatic rings. The Hall–Kier alpha value is -2.54. The molecule has 3 aromatic rings. The quantitative estimate of drug-likeness (QED) is 0.567. The molecule has 0 aliphatic carbocycles. The van der Waals surface area contributed by atoms with Crippen LogP contribution in [0.25, 0.3) is 0 Å². The summed E-state index contributed by atoms with van der Waals surface area (Å²) in [7, 11) is -4.00. The second-order valence-electron chi connectivity index (χ2n) is 6.29. The van der Waals surface area contributed by atoms with E-state index in [2.05, 4.69) is 5.32 Å². The van der Waals surface area contributed by atoms with Crippen molar-refractivity contribution < 1.29 is 13.2 Å². The number of aryl methyl sites for hydroxylation is 1. The molecule has 3 rings (SSSR count). The number of halogens is 2.